The van der Waals surface area contributed by atoms with Crippen molar-refractivity contribution in [1.29, 1.82) is 0 Å². The summed E-state index contributed by atoms with van der Waals surface area (Å²) in [5.41, 5.74) is -0.127. The van der Waals surface area contributed by atoms with Crippen LogP contribution in [0, 0.1) is 0 Å². The van der Waals surface area contributed by atoms with Crippen molar-refractivity contribution in [1.82, 2.24) is 4.90 Å². The minimum Gasteiger partial charge on any atom is -0.335 e. The number of halogens is 5. The maximum absolute atomic E-state index is 12.5. The molecule has 0 unspecified atom stereocenters. The molecule has 0 N–H and O–H groups in total. The van der Waals surface area contributed by atoms with Gasteiger partial charge in [-0.1, -0.05) is 22.0 Å². The number of hydrogen-bond acceptors (Lipinski definition) is 1. The quantitative estimate of drug-likeness (QED) is 0.620. The number of alkyl halides is 3. The molecule has 1 aromatic carbocycles. The second-order valence-electron chi connectivity index (χ2n) is 4.35. The van der Waals surface area contributed by atoms with E-state index in [-0.39, 0.29) is 25.4 Å². The van der Waals surface area contributed by atoms with Gasteiger partial charge in [0.05, 0.1) is 5.56 Å². The molecular weight excluding hydrogens is 403 g/mol. The molecule has 0 spiro atoms. The van der Waals surface area contributed by atoms with Crippen molar-refractivity contribution in [2.75, 3.05) is 13.1 Å². The molecule has 1 heterocycles. The van der Waals surface area contributed by atoms with Crippen LogP contribution in [0.5, 0.6) is 0 Å². The fourth-order valence-corrected chi connectivity index (χ4v) is 2.72. The molecule has 0 atom stereocenters. The Bertz CT molecular complexity index is 569. The van der Waals surface area contributed by atoms with E-state index in [1.54, 1.807) is 18.2 Å². The van der Waals surface area contributed by atoms with Crippen molar-refractivity contribution in [2.45, 2.75) is 12.6 Å². The van der Waals surface area contributed by atoms with Gasteiger partial charge in [-0.3, -0.25) is 4.79 Å². The second kappa shape index (κ2) is 5.89. The van der Waals surface area contributed by atoms with Gasteiger partial charge in [0, 0.05) is 27.6 Å². The maximum Gasteiger partial charge on any atom is 0.412 e. The fraction of sp³-hybridized carbons (Fsp3) is 0.308. The zero-order chi connectivity index (χ0) is 14.9. The molecule has 0 saturated carbocycles. The molecule has 0 bridgehead atoms. The van der Waals surface area contributed by atoms with Crippen LogP contribution in [0.4, 0.5) is 13.2 Å². The van der Waals surface area contributed by atoms with Crippen molar-refractivity contribution in [2.24, 2.45) is 0 Å². The summed E-state index contributed by atoms with van der Waals surface area (Å²) >= 11 is 6.55. The first-order chi connectivity index (χ1) is 9.29. The van der Waals surface area contributed by atoms with Crippen LogP contribution >= 0.6 is 31.9 Å². The smallest absolute Gasteiger partial charge is 0.335 e. The van der Waals surface area contributed by atoms with Crippen molar-refractivity contribution in [3.8, 4) is 0 Å². The van der Waals surface area contributed by atoms with Crippen LogP contribution in [0.1, 0.15) is 16.8 Å². The molecule has 7 heteroatoms. The van der Waals surface area contributed by atoms with Gasteiger partial charge < -0.3 is 4.90 Å². The first-order valence-corrected chi connectivity index (χ1v) is 7.38. The van der Waals surface area contributed by atoms with Crippen LogP contribution in [0.2, 0.25) is 0 Å². The van der Waals surface area contributed by atoms with E-state index in [9.17, 15) is 18.0 Å². The third-order valence-electron chi connectivity index (χ3n) is 3.02. The molecule has 1 aliphatic rings. The fourth-order valence-electron chi connectivity index (χ4n) is 1.94. The highest BCUT2D eigenvalue weighted by Gasteiger charge is 2.35. The molecular formula is C13H10Br2F3NO. The third kappa shape index (κ3) is 3.44. The lowest BCUT2D eigenvalue weighted by Crippen LogP contribution is -2.36. The monoisotopic (exact) mass is 411 g/mol. The number of rotatable bonds is 1. The highest BCUT2D eigenvalue weighted by Crippen LogP contribution is 2.31. The molecule has 0 fully saturated rings. The van der Waals surface area contributed by atoms with Gasteiger partial charge in [0.25, 0.3) is 5.91 Å². The van der Waals surface area contributed by atoms with Crippen molar-refractivity contribution < 1.29 is 18.0 Å². The summed E-state index contributed by atoms with van der Waals surface area (Å²) in [4.78, 5) is 13.7. The average molecular weight is 413 g/mol. The molecule has 2 rings (SSSR count). The highest BCUT2D eigenvalue weighted by molar-refractivity contribution is 9.11. The molecule has 0 aliphatic carbocycles. The van der Waals surface area contributed by atoms with E-state index < -0.39 is 11.7 Å². The predicted molar refractivity (Wildman–Crippen MR) is 76.5 cm³/mol. The Labute approximate surface area is 130 Å². The van der Waals surface area contributed by atoms with Crippen LogP contribution in [0.15, 0.2) is 38.8 Å². The van der Waals surface area contributed by atoms with Crippen molar-refractivity contribution in [3.05, 3.63) is 44.4 Å². The largest absolute Gasteiger partial charge is 0.412 e. The maximum atomic E-state index is 12.5. The zero-order valence-corrected chi connectivity index (χ0v) is 13.3. The van der Waals surface area contributed by atoms with Crippen LogP contribution < -0.4 is 0 Å². The molecule has 1 aromatic rings. The van der Waals surface area contributed by atoms with Gasteiger partial charge in [-0.05, 0) is 40.5 Å². The lowest BCUT2D eigenvalue weighted by Gasteiger charge is -2.27. The minimum atomic E-state index is -4.30. The molecule has 1 aliphatic heterocycles. The average Bonchev–Trinajstić information content (AvgIpc) is 2.40. The van der Waals surface area contributed by atoms with E-state index in [4.69, 9.17) is 0 Å². The lowest BCUT2D eigenvalue weighted by molar-refractivity contribution is -0.0957. The molecule has 108 valence electrons. The van der Waals surface area contributed by atoms with Crippen LogP contribution in [0.3, 0.4) is 0 Å². The normalized spacial score (nSPS) is 16.1. The summed E-state index contributed by atoms with van der Waals surface area (Å²) in [6.45, 7) is 0.0513. The molecule has 0 aromatic heterocycles. The van der Waals surface area contributed by atoms with Gasteiger partial charge in [-0.2, -0.15) is 13.2 Å². The molecule has 0 saturated heterocycles. The Hall–Kier alpha value is -0.820. The van der Waals surface area contributed by atoms with E-state index in [2.05, 4.69) is 31.9 Å². The Morgan fingerprint density at radius 1 is 1.25 bits per heavy atom. The number of hydrogen-bond donors (Lipinski definition) is 0. The zero-order valence-electron chi connectivity index (χ0n) is 10.2. The van der Waals surface area contributed by atoms with E-state index in [1.165, 1.54) is 4.90 Å². The first kappa shape index (κ1) is 15.6. The van der Waals surface area contributed by atoms with Gasteiger partial charge in [0.15, 0.2) is 0 Å². The SMILES string of the molecule is O=C(c1cc(Br)ccc1Br)N1CC=C(C(F)(F)F)CC1. The Balaban J connectivity index is 2.17. The third-order valence-corrected chi connectivity index (χ3v) is 4.20. The van der Waals surface area contributed by atoms with E-state index in [0.29, 0.717) is 10.0 Å². The van der Waals surface area contributed by atoms with Gasteiger partial charge in [0.1, 0.15) is 0 Å². The second-order valence-corrected chi connectivity index (χ2v) is 6.12. The Kier molecular flexibility index (Phi) is 4.59. The summed E-state index contributed by atoms with van der Waals surface area (Å²) in [6, 6.07) is 5.15. The first-order valence-electron chi connectivity index (χ1n) is 5.79. The minimum absolute atomic E-state index is 0.0212. The molecule has 0 radical (unpaired) electrons. The number of carbonyl (C=O) groups excluding carboxylic acids is 1. The van der Waals surface area contributed by atoms with Crippen LogP contribution in [0.25, 0.3) is 0 Å². The predicted octanol–water partition coefficient (Wildman–Crippen LogP) is 4.55. The number of nitrogens with zero attached hydrogens (tertiary/aromatic N) is 1. The Morgan fingerprint density at radius 2 is 1.95 bits per heavy atom. The Morgan fingerprint density at radius 3 is 2.50 bits per heavy atom. The summed E-state index contributed by atoms with van der Waals surface area (Å²) < 4.78 is 38.9. The van der Waals surface area contributed by atoms with Crippen LogP contribution in [-0.2, 0) is 0 Å². The van der Waals surface area contributed by atoms with E-state index >= 15 is 0 Å². The summed E-state index contributed by atoms with van der Waals surface area (Å²) in [5.74, 6) is -0.282. The van der Waals surface area contributed by atoms with Gasteiger partial charge in [0.2, 0.25) is 0 Å². The molecule has 20 heavy (non-hydrogen) atoms. The van der Waals surface area contributed by atoms with E-state index in [0.717, 1.165) is 10.5 Å². The molecule has 1 amide bonds. The van der Waals surface area contributed by atoms with Gasteiger partial charge in [-0.25, -0.2) is 0 Å². The van der Waals surface area contributed by atoms with Crippen molar-refractivity contribution >= 4 is 37.8 Å². The van der Waals surface area contributed by atoms with Gasteiger partial charge in [-0.15, -0.1) is 0 Å². The summed E-state index contributed by atoms with van der Waals surface area (Å²) in [6.07, 6.45) is -3.39. The topological polar surface area (TPSA) is 20.3 Å². The van der Waals surface area contributed by atoms with Crippen LogP contribution in [-0.4, -0.2) is 30.1 Å². The number of amides is 1. The van der Waals surface area contributed by atoms with E-state index in [1.807, 2.05) is 0 Å². The standard InChI is InChI=1S/C13H10Br2F3NO/c14-9-1-2-11(15)10(7-9)12(20)19-5-3-8(4-6-19)13(16,17)18/h1-3,7H,4-6H2. The number of benzene rings is 1. The summed E-state index contributed by atoms with van der Waals surface area (Å²) in [5, 5.41) is 0. The summed E-state index contributed by atoms with van der Waals surface area (Å²) in [7, 11) is 0. The lowest BCUT2D eigenvalue weighted by atomic mass is 10.1. The number of carbonyl (C=O) groups is 1. The van der Waals surface area contributed by atoms with Gasteiger partial charge >= 0.3 is 6.18 Å². The molecule has 2 nitrogen and oxygen atoms in total. The highest BCUT2D eigenvalue weighted by atomic mass is 79.9. The van der Waals surface area contributed by atoms with Crippen molar-refractivity contribution in [3.63, 3.8) is 0 Å².